The van der Waals surface area contributed by atoms with Gasteiger partial charge in [-0.15, -0.1) is 0 Å². The smallest absolute Gasteiger partial charge is 0.416 e. The zero-order valence-corrected chi connectivity index (χ0v) is 20.0. The number of carboxylic acid groups (broad SMARTS) is 1. The number of allylic oxidation sites excluding steroid dienone is 1. The molecular weight excluding hydrogens is 486 g/mol. The maximum Gasteiger partial charge on any atom is 0.416 e. The molecule has 0 aromatic heterocycles. The zero-order valence-electron chi connectivity index (χ0n) is 18.5. The molecule has 1 saturated heterocycles. The van der Waals surface area contributed by atoms with Gasteiger partial charge in [-0.2, -0.15) is 13.2 Å². The molecule has 1 heterocycles. The molecule has 2 aromatic carbocycles. The standard InChI is InChI=1S/C26H24Cl2F3NO2/c1-16(2)3-10-23(21-9-8-20(27)15-22(21)28)32-12-11-17(14-25(33)34)13-24(32)18-4-6-19(7-5-18)26(29,30)31/h4-9,15,17,23-24H,1,11-14H2,2H3,(H,33,34)/t17-,23-,24+/m0/s1. The first-order chi connectivity index (χ1) is 16.0. The fraction of sp³-hybridized carbons (Fsp3) is 0.346. The number of carboxylic acids is 1. The van der Waals surface area contributed by atoms with Crippen molar-refractivity contribution < 1.29 is 23.1 Å². The topological polar surface area (TPSA) is 40.5 Å². The number of alkyl halides is 3. The van der Waals surface area contributed by atoms with Crippen molar-refractivity contribution in [3.63, 3.8) is 0 Å². The quantitative estimate of drug-likeness (QED) is 0.422. The summed E-state index contributed by atoms with van der Waals surface area (Å²) in [6, 6.07) is 9.30. The van der Waals surface area contributed by atoms with Gasteiger partial charge in [-0.25, -0.2) is 0 Å². The van der Waals surface area contributed by atoms with Crippen LogP contribution in [-0.4, -0.2) is 22.5 Å². The van der Waals surface area contributed by atoms with Crippen LogP contribution in [0.4, 0.5) is 13.2 Å². The third-order valence-electron chi connectivity index (χ3n) is 5.85. The van der Waals surface area contributed by atoms with E-state index in [0.29, 0.717) is 46.1 Å². The molecule has 8 heteroatoms. The Hall–Kier alpha value is -2.46. The molecule has 0 spiro atoms. The minimum absolute atomic E-state index is 0.00517. The van der Waals surface area contributed by atoms with E-state index in [1.807, 2.05) is 0 Å². The van der Waals surface area contributed by atoms with Gasteiger partial charge in [0.25, 0.3) is 0 Å². The summed E-state index contributed by atoms with van der Waals surface area (Å²) in [5.74, 6) is 5.20. The summed E-state index contributed by atoms with van der Waals surface area (Å²) in [5, 5.41) is 10.2. The normalized spacial score (nSPS) is 19.7. The molecule has 0 bridgehead atoms. The van der Waals surface area contributed by atoms with Gasteiger partial charge in [-0.3, -0.25) is 9.69 Å². The molecule has 180 valence electrons. The Balaban J connectivity index is 2.07. The van der Waals surface area contributed by atoms with Crippen LogP contribution in [-0.2, 0) is 11.0 Å². The molecule has 34 heavy (non-hydrogen) atoms. The van der Waals surface area contributed by atoms with Gasteiger partial charge >= 0.3 is 12.1 Å². The Bertz CT molecular complexity index is 1120. The van der Waals surface area contributed by atoms with Crippen LogP contribution in [0, 0.1) is 17.8 Å². The van der Waals surface area contributed by atoms with Crippen molar-refractivity contribution in [1.82, 2.24) is 4.90 Å². The van der Waals surface area contributed by atoms with E-state index in [1.165, 1.54) is 12.1 Å². The summed E-state index contributed by atoms with van der Waals surface area (Å²) in [6.07, 6.45) is -3.37. The molecule has 0 saturated carbocycles. The summed E-state index contributed by atoms with van der Waals surface area (Å²) < 4.78 is 39.4. The van der Waals surface area contributed by atoms with E-state index in [9.17, 15) is 23.1 Å². The Morgan fingerprint density at radius 3 is 2.47 bits per heavy atom. The van der Waals surface area contributed by atoms with Crippen molar-refractivity contribution in [2.24, 2.45) is 5.92 Å². The van der Waals surface area contributed by atoms with E-state index in [4.69, 9.17) is 23.2 Å². The Morgan fingerprint density at radius 1 is 1.24 bits per heavy atom. The first-order valence-corrected chi connectivity index (χ1v) is 11.5. The van der Waals surface area contributed by atoms with Crippen LogP contribution in [0.15, 0.2) is 54.6 Å². The average molecular weight is 510 g/mol. The molecule has 1 aliphatic rings. The molecule has 2 aromatic rings. The van der Waals surface area contributed by atoms with Crippen molar-refractivity contribution in [3.8, 4) is 11.8 Å². The average Bonchev–Trinajstić information content (AvgIpc) is 2.74. The number of rotatable bonds is 5. The van der Waals surface area contributed by atoms with Gasteiger partial charge < -0.3 is 5.11 Å². The SMILES string of the molecule is C=C(C)C#C[C@@H](c1ccc(Cl)cc1Cl)N1CC[C@H](CC(=O)O)C[C@@H]1c1ccc(C(F)(F)F)cc1. The van der Waals surface area contributed by atoms with Crippen LogP contribution >= 0.6 is 23.2 Å². The Labute approximate surface area is 207 Å². The first-order valence-electron chi connectivity index (χ1n) is 10.7. The van der Waals surface area contributed by atoms with Crippen LogP contribution in [0.1, 0.15) is 55.0 Å². The zero-order chi connectivity index (χ0) is 25.0. The lowest BCUT2D eigenvalue weighted by atomic mass is 9.83. The number of hydrogen-bond donors (Lipinski definition) is 1. The van der Waals surface area contributed by atoms with Gasteiger partial charge in [-0.05, 0) is 61.1 Å². The number of benzene rings is 2. The van der Waals surface area contributed by atoms with Crippen molar-refractivity contribution in [3.05, 3.63) is 81.4 Å². The van der Waals surface area contributed by atoms with E-state index in [-0.39, 0.29) is 18.4 Å². The van der Waals surface area contributed by atoms with E-state index < -0.39 is 23.8 Å². The van der Waals surface area contributed by atoms with Crippen LogP contribution in [0.2, 0.25) is 10.0 Å². The molecule has 0 unspecified atom stereocenters. The molecule has 0 radical (unpaired) electrons. The van der Waals surface area contributed by atoms with Crippen LogP contribution < -0.4 is 0 Å². The van der Waals surface area contributed by atoms with E-state index >= 15 is 0 Å². The summed E-state index contributed by atoms with van der Waals surface area (Å²) in [6.45, 7) is 6.11. The highest BCUT2D eigenvalue weighted by Crippen LogP contribution is 2.43. The van der Waals surface area contributed by atoms with Gasteiger partial charge in [0.05, 0.1) is 11.6 Å². The van der Waals surface area contributed by atoms with Crippen LogP contribution in [0.5, 0.6) is 0 Å². The Kier molecular flexibility index (Phi) is 8.35. The molecule has 3 atom stereocenters. The number of hydrogen-bond acceptors (Lipinski definition) is 2. The molecular formula is C26H24Cl2F3NO2. The minimum Gasteiger partial charge on any atom is -0.481 e. The molecule has 3 rings (SSSR count). The summed E-state index contributed by atoms with van der Waals surface area (Å²) in [5.41, 5.74) is 1.30. The minimum atomic E-state index is -4.44. The number of halogens is 5. The maximum absolute atomic E-state index is 13.1. The molecule has 3 nitrogen and oxygen atoms in total. The number of aliphatic carboxylic acids is 1. The van der Waals surface area contributed by atoms with Gasteiger partial charge in [0.1, 0.15) is 0 Å². The van der Waals surface area contributed by atoms with Crippen molar-refractivity contribution >= 4 is 29.2 Å². The lowest BCUT2D eigenvalue weighted by Crippen LogP contribution is -2.39. The fourth-order valence-corrected chi connectivity index (χ4v) is 4.79. The second kappa shape index (κ2) is 10.9. The van der Waals surface area contributed by atoms with Crippen molar-refractivity contribution in [2.45, 2.75) is 44.4 Å². The molecule has 1 N–H and O–H groups in total. The molecule has 0 amide bonds. The van der Waals surface area contributed by atoms with E-state index in [2.05, 4.69) is 23.3 Å². The highest BCUT2D eigenvalue weighted by atomic mass is 35.5. The predicted molar refractivity (Wildman–Crippen MR) is 128 cm³/mol. The second-order valence-electron chi connectivity index (χ2n) is 8.48. The van der Waals surface area contributed by atoms with Gasteiger partial charge in [0.15, 0.2) is 0 Å². The van der Waals surface area contributed by atoms with Gasteiger partial charge in [-0.1, -0.05) is 59.8 Å². The van der Waals surface area contributed by atoms with Gasteiger partial charge in [0, 0.05) is 34.6 Å². The lowest BCUT2D eigenvalue weighted by Gasteiger charge is -2.42. The lowest BCUT2D eigenvalue weighted by molar-refractivity contribution is -0.139. The van der Waals surface area contributed by atoms with Crippen molar-refractivity contribution in [1.29, 1.82) is 0 Å². The fourth-order valence-electron chi connectivity index (χ4n) is 4.27. The third kappa shape index (κ3) is 6.56. The van der Waals surface area contributed by atoms with Crippen LogP contribution in [0.25, 0.3) is 0 Å². The summed E-state index contributed by atoms with van der Waals surface area (Å²) in [4.78, 5) is 13.4. The maximum atomic E-state index is 13.1. The summed E-state index contributed by atoms with van der Waals surface area (Å²) >= 11 is 12.6. The number of piperidine rings is 1. The Morgan fingerprint density at radius 2 is 1.91 bits per heavy atom. The number of carbonyl (C=O) groups is 1. The highest BCUT2D eigenvalue weighted by molar-refractivity contribution is 6.35. The second-order valence-corrected chi connectivity index (χ2v) is 9.32. The van der Waals surface area contributed by atoms with E-state index in [1.54, 1.807) is 25.1 Å². The monoisotopic (exact) mass is 509 g/mol. The number of likely N-dealkylation sites (tertiary alicyclic amines) is 1. The van der Waals surface area contributed by atoms with Crippen LogP contribution in [0.3, 0.4) is 0 Å². The predicted octanol–water partition coefficient (Wildman–Crippen LogP) is 7.56. The highest BCUT2D eigenvalue weighted by Gasteiger charge is 2.36. The number of nitrogens with zero attached hydrogens (tertiary/aromatic N) is 1. The van der Waals surface area contributed by atoms with E-state index in [0.717, 1.165) is 12.1 Å². The first kappa shape index (κ1) is 26.2. The van der Waals surface area contributed by atoms with Gasteiger partial charge in [0.2, 0.25) is 0 Å². The molecule has 0 aliphatic carbocycles. The molecule has 1 fully saturated rings. The summed E-state index contributed by atoms with van der Waals surface area (Å²) in [7, 11) is 0. The third-order valence-corrected chi connectivity index (χ3v) is 6.41. The molecule has 1 aliphatic heterocycles. The van der Waals surface area contributed by atoms with Crippen molar-refractivity contribution in [2.75, 3.05) is 6.54 Å². The largest absolute Gasteiger partial charge is 0.481 e.